The molecule has 7 heteroatoms. The van der Waals surface area contributed by atoms with Gasteiger partial charge in [0.05, 0.1) is 12.8 Å². The monoisotopic (exact) mass is 449 g/mol. The van der Waals surface area contributed by atoms with E-state index in [-0.39, 0.29) is 23.6 Å². The summed E-state index contributed by atoms with van der Waals surface area (Å²) in [5.74, 6) is 0.369. The Bertz CT molecular complexity index is 986. The molecule has 4 rings (SSSR count). The lowest BCUT2D eigenvalue weighted by molar-refractivity contribution is -0.149. The second-order valence-corrected chi connectivity index (χ2v) is 8.65. The first-order valence-corrected chi connectivity index (χ1v) is 11.7. The highest BCUT2D eigenvalue weighted by atomic mass is 16.5. The molecule has 2 aromatic rings. The van der Waals surface area contributed by atoms with E-state index < -0.39 is 6.04 Å². The number of anilines is 1. The van der Waals surface area contributed by atoms with Crippen LogP contribution in [0.2, 0.25) is 0 Å². The van der Waals surface area contributed by atoms with E-state index in [0.717, 1.165) is 18.4 Å². The van der Waals surface area contributed by atoms with Gasteiger partial charge in [-0.2, -0.15) is 0 Å². The van der Waals surface area contributed by atoms with Crippen molar-refractivity contribution in [1.82, 2.24) is 9.80 Å². The van der Waals surface area contributed by atoms with E-state index in [1.807, 2.05) is 59.5 Å². The minimum Gasteiger partial charge on any atom is -0.495 e. The van der Waals surface area contributed by atoms with Crippen molar-refractivity contribution in [1.29, 1.82) is 0 Å². The standard InChI is InChI=1S/C26H31N3O4/c1-33-22-12-6-5-11-21(22)27-25(31)20-14-17-28(18-15-20)26(32)24(19-9-3-2-4-10-19)29-16-8-7-13-23(29)30/h2-6,9-12,20,24H,7-8,13-18H2,1H3,(H,27,31). The summed E-state index contributed by atoms with van der Waals surface area (Å²) in [5, 5.41) is 2.96. The number of piperidine rings is 2. The van der Waals surface area contributed by atoms with Crippen molar-refractivity contribution in [2.75, 3.05) is 32.1 Å². The van der Waals surface area contributed by atoms with E-state index in [4.69, 9.17) is 4.74 Å². The highest BCUT2D eigenvalue weighted by molar-refractivity contribution is 5.94. The van der Waals surface area contributed by atoms with Gasteiger partial charge in [-0.25, -0.2) is 0 Å². The van der Waals surface area contributed by atoms with Gasteiger partial charge in [0.15, 0.2) is 0 Å². The normalized spacial score (nSPS) is 18.0. The van der Waals surface area contributed by atoms with Gasteiger partial charge in [-0.3, -0.25) is 14.4 Å². The number of carbonyl (C=O) groups excluding carboxylic acids is 3. The summed E-state index contributed by atoms with van der Waals surface area (Å²) in [4.78, 5) is 42.6. The van der Waals surface area contributed by atoms with Gasteiger partial charge in [-0.15, -0.1) is 0 Å². The molecule has 3 amide bonds. The molecule has 2 saturated heterocycles. The summed E-state index contributed by atoms with van der Waals surface area (Å²) in [6.07, 6.45) is 3.44. The third kappa shape index (κ3) is 5.18. The Kier molecular flexibility index (Phi) is 7.27. The van der Waals surface area contributed by atoms with E-state index in [9.17, 15) is 14.4 Å². The molecule has 2 aliphatic rings. The number of nitrogens with one attached hydrogen (secondary N) is 1. The molecule has 0 radical (unpaired) electrons. The third-order valence-electron chi connectivity index (χ3n) is 6.56. The molecule has 2 aromatic carbocycles. The molecule has 1 N–H and O–H groups in total. The molecule has 0 bridgehead atoms. The number of benzene rings is 2. The Hall–Kier alpha value is -3.35. The van der Waals surface area contributed by atoms with E-state index in [0.29, 0.717) is 50.3 Å². The summed E-state index contributed by atoms with van der Waals surface area (Å²) in [6, 6.07) is 16.3. The maximum absolute atomic E-state index is 13.6. The Labute approximate surface area is 194 Å². The van der Waals surface area contributed by atoms with Gasteiger partial charge >= 0.3 is 0 Å². The smallest absolute Gasteiger partial charge is 0.250 e. The lowest BCUT2D eigenvalue weighted by Crippen LogP contribution is -2.49. The second-order valence-electron chi connectivity index (χ2n) is 8.65. The third-order valence-corrected chi connectivity index (χ3v) is 6.56. The maximum atomic E-state index is 13.6. The Balaban J connectivity index is 1.42. The number of ether oxygens (including phenoxy) is 1. The SMILES string of the molecule is COc1ccccc1NC(=O)C1CCN(C(=O)C(c2ccccc2)N2CCCCC2=O)CC1. The largest absolute Gasteiger partial charge is 0.495 e. The van der Waals surface area contributed by atoms with Gasteiger partial charge in [-0.1, -0.05) is 42.5 Å². The lowest BCUT2D eigenvalue weighted by Gasteiger charge is -2.39. The number of amides is 3. The van der Waals surface area contributed by atoms with Crippen LogP contribution in [-0.4, -0.2) is 54.3 Å². The van der Waals surface area contributed by atoms with E-state index >= 15 is 0 Å². The summed E-state index contributed by atoms with van der Waals surface area (Å²) in [5.41, 5.74) is 1.49. The summed E-state index contributed by atoms with van der Waals surface area (Å²) < 4.78 is 5.32. The molecule has 0 aromatic heterocycles. The Morgan fingerprint density at radius 3 is 2.36 bits per heavy atom. The summed E-state index contributed by atoms with van der Waals surface area (Å²) in [6.45, 7) is 1.59. The van der Waals surface area contributed by atoms with Crippen molar-refractivity contribution in [2.24, 2.45) is 5.92 Å². The zero-order chi connectivity index (χ0) is 23.2. The summed E-state index contributed by atoms with van der Waals surface area (Å²) in [7, 11) is 1.57. The molecule has 1 atom stereocenters. The van der Waals surface area contributed by atoms with E-state index in [1.165, 1.54) is 0 Å². The van der Waals surface area contributed by atoms with E-state index in [2.05, 4.69) is 5.32 Å². The van der Waals surface area contributed by atoms with Gasteiger partial charge < -0.3 is 19.9 Å². The fraction of sp³-hybridized carbons (Fsp3) is 0.423. The number of hydrogen-bond donors (Lipinski definition) is 1. The fourth-order valence-electron chi connectivity index (χ4n) is 4.71. The van der Waals surface area contributed by atoms with Gasteiger partial charge in [0.25, 0.3) is 0 Å². The molecule has 2 aliphatic heterocycles. The van der Waals surface area contributed by atoms with Gasteiger partial charge in [-0.05, 0) is 43.4 Å². The predicted octanol–water partition coefficient (Wildman–Crippen LogP) is 3.63. The zero-order valence-electron chi connectivity index (χ0n) is 19.0. The molecule has 2 fully saturated rings. The number of para-hydroxylation sites is 2. The van der Waals surface area contributed by atoms with Gasteiger partial charge in [0, 0.05) is 32.0 Å². The average molecular weight is 450 g/mol. The molecular formula is C26H31N3O4. The first kappa shape index (κ1) is 22.8. The topological polar surface area (TPSA) is 79.0 Å². The van der Waals surface area contributed by atoms with Crippen molar-refractivity contribution in [3.8, 4) is 5.75 Å². The Morgan fingerprint density at radius 2 is 1.67 bits per heavy atom. The van der Waals surface area contributed by atoms with Crippen LogP contribution in [0.1, 0.15) is 43.7 Å². The molecule has 2 heterocycles. The number of carbonyl (C=O) groups is 3. The van der Waals surface area contributed by atoms with Crippen LogP contribution in [0.15, 0.2) is 54.6 Å². The van der Waals surface area contributed by atoms with Crippen LogP contribution in [0, 0.1) is 5.92 Å². The molecule has 0 aliphatic carbocycles. The van der Waals surface area contributed by atoms with E-state index in [1.54, 1.807) is 12.0 Å². The lowest BCUT2D eigenvalue weighted by atomic mass is 9.94. The number of likely N-dealkylation sites (tertiary alicyclic amines) is 2. The van der Waals surface area contributed by atoms with Crippen LogP contribution in [0.4, 0.5) is 5.69 Å². The molecule has 33 heavy (non-hydrogen) atoms. The number of nitrogens with zero attached hydrogens (tertiary/aromatic N) is 2. The van der Waals surface area contributed by atoms with Gasteiger partial charge in [0.1, 0.15) is 11.8 Å². The van der Waals surface area contributed by atoms with Crippen molar-refractivity contribution >= 4 is 23.4 Å². The van der Waals surface area contributed by atoms with Crippen LogP contribution in [-0.2, 0) is 14.4 Å². The van der Waals surface area contributed by atoms with Crippen molar-refractivity contribution < 1.29 is 19.1 Å². The minimum absolute atomic E-state index is 0.0366. The second kappa shape index (κ2) is 10.5. The average Bonchev–Trinajstić information content (AvgIpc) is 2.86. The molecule has 7 nitrogen and oxygen atoms in total. The zero-order valence-corrected chi connectivity index (χ0v) is 19.0. The fourth-order valence-corrected chi connectivity index (χ4v) is 4.71. The number of hydrogen-bond acceptors (Lipinski definition) is 4. The number of rotatable bonds is 6. The van der Waals surface area contributed by atoms with Crippen LogP contribution < -0.4 is 10.1 Å². The molecule has 0 spiro atoms. The summed E-state index contributed by atoms with van der Waals surface area (Å²) >= 11 is 0. The van der Waals surface area contributed by atoms with Crippen LogP contribution in [0.5, 0.6) is 5.75 Å². The molecule has 0 saturated carbocycles. The minimum atomic E-state index is -0.599. The highest BCUT2D eigenvalue weighted by Crippen LogP contribution is 2.30. The van der Waals surface area contributed by atoms with Crippen molar-refractivity contribution in [3.63, 3.8) is 0 Å². The first-order valence-electron chi connectivity index (χ1n) is 11.7. The first-order chi connectivity index (χ1) is 16.1. The quantitative estimate of drug-likeness (QED) is 0.731. The van der Waals surface area contributed by atoms with Gasteiger partial charge in [0.2, 0.25) is 17.7 Å². The van der Waals surface area contributed by atoms with Crippen LogP contribution in [0.3, 0.4) is 0 Å². The number of methoxy groups -OCH3 is 1. The van der Waals surface area contributed by atoms with Crippen LogP contribution >= 0.6 is 0 Å². The van der Waals surface area contributed by atoms with Crippen molar-refractivity contribution in [2.45, 2.75) is 38.1 Å². The molecular weight excluding hydrogens is 418 g/mol. The van der Waals surface area contributed by atoms with Crippen LogP contribution in [0.25, 0.3) is 0 Å². The predicted molar refractivity (Wildman–Crippen MR) is 126 cm³/mol. The maximum Gasteiger partial charge on any atom is 0.250 e. The molecule has 174 valence electrons. The Morgan fingerprint density at radius 1 is 0.970 bits per heavy atom. The molecule has 1 unspecified atom stereocenters. The van der Waals surface area contributed by atoms with Crippen molar-refractivity contribution in [3.05, 3.63) is 60.2 Å². The highest BCUT2D eigenvalue weighted by Gasteiger charge is 2.37.